The quantitative estimate of drug-likeness (QED) is 0.760. The molecule has 1 fully saturated rings. The summed E-state index contributed by atoms with van der Waals surface area (Å²) in [5.41, 5.74) is 0.861. The van der Waals surface area contributed by atoms with Crippen molar-refractivity contribution < 1.29 is 13.2 Å². The molecule has 0 N–H and O–H groups in total. The number of rotatable bonds is 5. The predicted octanol–water partition coefficient (Wildman–Crippen LogP) is -0.0836. The van der Waals surface area contributed by atoms with Crippen molar-refractivity contribution in [1.82, 2.24) is 18.6 Å². The maximum absolute atomic E-state index is 12.3. The molecule has 20 heavy (non-hydrogen) atoms. The zero-order valence-electron chi connectivity index (χ0n) is 11.8. The van der Waals surface area contributed by atoms with Crippen LogP contribution in [0.4, 0.5) is 0 Å². The molecule has 0 bridgehead atoms. The number of hydrogen-bond acceptors (Lipinski definition) is 5. The van der Waals surface area contributed by atoms with E-state index in [2.05, 4.69) is 9.97 Å². The van der Waals surface area contributed by atoms with Gasteiger partial charge in [0, 0.05) is 45.3 Å². The molecule has 2 rings (SSSR count). The minimum absolute atomic E-state index is 0.154. The van der Waals surface area contributed by atoms with Gasteiger partial charge in [-0.25, -0.2) is 0 Å². The number of ether oxygens (including phenoxy) is 1. The van der Waals surface area contributed by atoms with E-state index in [0.29, 0.717) is 32.6 Å². The van der Waals surface area contributed by atoms with Gasteiger partial charge in [0.15, 0.2) is 0 Å². The zero-order chi connectivity index (χ0) is 14.6. The van der Waals surface area contributed by atoms with Crippen molar-refractivity contribution in [2.45, 2.75) is 18.9 Å². The van der Waals surface area contributed by atoms with E-state index in [9.17, 15) is 8.42 Å². The molecular weight excluding hydrogens is 280 g/mol. The fraction of sp³-hybridized carbons (Fsp3) is 0.667. The minimum atomic E-state index is -3.40. The molecule has 0 radical (unpaired) electrons. The summed E-state index contributed by atoms with van der Waals surface area (Å²) in [4.78, 5) is 8.21. The van der Waals surface area contributed by atoms with Crippen LogP contribution >= 0.6 is 0 Å². The van der Waals surface area contributed by atoms with Crippen LogP contribution in [0.15, 0.2) is 18.6 Å². The number of aromatic nitrogens is 2. The summed E-state index contributed by atoms with van der Waals surface area (Å²) in [6.07, 6.45) is 6.32. The summed E-state index contributed by atoms with van der Waals surface area (Å²) in [6.45, 7) is 1.26. The summed E-state index contributed by atoms with van der Waals surface area (Å²) in [5, 5.41) is 0. The maximum Gasteiger partial charge on any atom is 0.281 e. The van der Waals surface area contributed by atoms with Crippen LogP contribution in [0.1, 0.15) is 12.1 Å². The topological polar surface area (TPSA) is 75.6 Å². The van der Waals surface area contributed by atoms with Crippen LogP contribution in [0.2, 0.25) is 0 Å². The van der Waals surface area contributed by atoms with Crippen molar-refractivity contribution in [1.29, 1.82) is 0 Å². The molecule has 0 aromatic carbocycles. The van der Waals surface area contributed by atoms with Crippen LogP contribution in [-0.2, 0) is 21.4 Å². The Morgan fingerprint density at radius 2 is 2.25 bits per heavy atom. The van der Waals surface area contributed by atoms with Gasteiger partial charge >= 0.3 is 0 Å². The van der Waals surface area contributed by atoms with Gasteiger partial charge in [-0.15, -0.1) is 0 Å². The monoisotopic (exact) mass is 300 g/mol. The molecule has 1 aromatic rings. The Morgan fingerprint density at radius 1 is 1.45 bits per heavy atom. The molecule has 1 aliphatic rings. The molecule has 7 nitrogen and oxygen atoms in total. The summed E-state index contributed by atoms with van der Waals surface area (Å²) in [6, 6.07) is -0.154. The SMILES string of the molecule is CN(C)S(=O)(=O)N1CCOCC1CCc1cnccn1. The standard InChI is InChI=1S/C12H20N4O3S/c1-15(2)20(17,18)16-7-8-19-10-12(16)4-3-11-9-13-5-6-14-11/h5-6,9,12H,3-4,7-8,10H2,1-2H3. The lowest BCUT2D eigenvalue weighted by Crippen LogP contribution is -2.52. The predicted molar refractivity (Wildman–Crippen MR) is 74.3 cm³/mol. The van der Waals surface area contributed by atoms with E-state index in [1.807, 2.05) is 0 Å². The molecule has 0 amide bonds. The lowest BCUT2D eigenvalue weighted by atomic mass is 10.1. The Morgan fingerprint density at radius 3 is 2.90 bits per heavy atom. The Hall–Kier alpha value is -1.09. The van der Waals surface area contributed by atoms with E-state index in [4.69, 9.17) is 4.74 Å². The van der Waals surface area contributed by atoms with Gasteiger partial charge in [-0.1, -0.05) is 0 Å². The largest absolute Gasteiger partial charge is 0.378 e. The normalized spacial score (nSPS) is 21.2. The zero-order valence-corrected chi connectivity index (χ0v) is 12.6. The first kappa shape index (κ1) is 15.3. The molecule has 1 saturated heterocycles. The van der Waals surface area contributed by atoms with Crippen LogP contribution in [0.3, 0.4) is 0 Å². The van der Waals surface area contributed by atoms with Gasteiger partial charge in [0.2, 0.25) is 0 Å². The van der Waals surface area contributed by atoms with Gasteiger partial charge < -0.3 is 4.74 Å². The molecule has 1 atom stereocenters. The van der Waals surface area contributed by atoms with Crippen LogP contribution in [0, 0.1) is 0 Å². The molecule has 112 valence electrons. The van der Waals surface area contributed by atoms with Crippen molar-refractivity contribution in [3.05, 3.63) is 24.3 Å². The summed E-state index contributed by atoms with van der Waals surface area (Å²) >= 11 is 0. The van der Waals surface area contributed by atoms with Crippen LogP contribution < -0.4 is 0 Å². The van der Waals surface area contributed by atoms with Crippen molar-refractivity contribution in [2.75, 3.05) is 33.9 Å². The molecule has 0 saturated carbocycles. The van der Waals surface area contributed by atoms with Crippen LogP contribution in [0.5, 0.6) is 0 Å². The van der Waals surface area contributed by atoms with Gasteiger partial charge in [0.1, 0.15) is 0 Å². The molecule has 1 aliphatic heterocycles. The van der Waals surface area contributed by atoms with E-state index in [1.165, 1.54) is 8.61 Å². The Labute approximate surface area is 119 Å². The third-order valence-electron chi connectivity index (χ3n) is 3.28. The third kappa shape index (κ3) is 3.51. The summed E-state index contributed by atoms with van der Waals surface area (Å²) < 4.78 is 32.7. The highest BCUT2D eigenvalue weighted by Gasteiger charge is 2.34. The lowest BCUT2D eigenvalue weighted by molar-refractivity contribution is 0.0276. The lowest BCUT2D eigenvalue weighted by Gasteiger charge is -2.36. The van der Waals surface area contributed by atoms with E-state index >= 15 is 0 Å². The third-order valence-corrected chi connectivity index (χ3v) is 5.28. The molecular formula is C12H20N4O3S. The molecule has 8 heteroatoms. The molecule has 1 aromatic heterocycles. The van der Waals surface area contributed by atoms with E-state index < -0.39 is 10.2 Å². The van der Waals surface area contributed by atoms with Crippen molar-refractivity contribution in [3.63, 3.8) is 0 Å². The summed E-state index contributed by atoms with van der Waals surface area (Å²) in [7, 11) is -0.311. The van der Waals surface area contributed by atoms with E-state index in [0.717, 1.165) is 5.69 Å². The molecule has 2 heterocycles. The molecule has 1 unspecified atom stereocenters. The fourth-order valence-electron chi connectivity index (χ4n) is 2.15. The van der Waals surface area contributed by atoms with Gasteiger partial charge in [0.25, 0.3) is 10.2 Å². The van der Waals surface area contributed by atoms with Crippen LogP contribution in [0.25, 0.3) is 0 Å². The smallest absolute Gasteiger partial charge is 0.281 e. The number of morpholine rings is 1. The fourth-order valence-corrected chi connectivity index (χ4v) is 3.42. The highest BCUT2D eigenvalue weighted by molar-refractivity contribution is 7.86. The van der Waals surface area contributed by atoms with Gasteiger partial charge in [0.05, 0.1) is 18.9 Å². The average molecular weight is 300 g/mol. The second kappa shape index (κ2) is 6.57. The van der Waals surface area contributed by atoms with E-state index in [-0.39, 0.29) is 6.04 Å². The Kier molecular flexibility index (Phi) is 5.03. The summed E-state index contributed by atoms with van der Waals surface area (Å²) in [5.74, 6) is 0. The van der Waals surface area contributed by atoms with Crippen molar-refractivity contribution in [3.8, 4) is 0 Å². The minimum Gasteiger partial charge on any atom is -0.378 e. The van der Waals surface area contributed by atoms with Crippen molar-refractivity contribution >= 4 is 10.2 Å². The first-order valence-electron chi connectivity index (χ1n) is 6.53. The molecule has 0 aliphatic carbocycles. The second-order valence-corrected chi connectivity index (χ2v) is 6.96. The first-order chi connectivity index (χ1) is 9.51. The highest BCUT2D eigenvalue weighted by atomic mass is 32.2. The van der Waals surface area contributed by atoms with Gasteiger partial charge in [-0.3, -0.25) is 9.97 Å². The number of aryl methyl sites for hydroxylation is 1. The maximum atomic E-state index is 12.3. The number of nitrogens with zero attached hydrogens (tertiary/aromatic N) is 4. The van der Waals surface area contributed by atoms with Crippen molar-refractivity contribution in [2.24, 2.45) is 0 Å². The Bertz CT molecular complexity index is 521. The van der Waals surface area contributed by atoms with E-state index in [1.54, 1.807) is 32.7 Å². The first-order valence-corrected chi connectivity index (χ1v) is 7.93. The molecule has 0 spiro atoms. The number of hydrogen-bond donors (Lipinski definition) is 0. The second-order valence-electron chi connectivity index (χ2n) is 4.87. The van der Waals surface area contributed by atoms with Gasteiger partial charge in [-0.05, 0) is 12.8 Å². The Balaban J connectivity index is 2.04. The highest BCUT2D eigenvalue weighted by Crippen LogP contribution is 2.18. The van der Waals surface area contributed by atoms with Gasteiger partial charge in [-0.2, -0.15) is 17.0 Å². The average Bonchev–Trinajstić information content (AvgIpc) is 2.46. The van der Waals surface area contributed by atoms with Crippen LogP contribution in [-0.4, -0.2) is 66.9 Å².